The number of carbonyl (C=O) groups is 1. The normalized spacial score (nSPS) is 20.4. The van der Waals surface area contributed by atoms with Gasteiger partial charge in [0, 0.05) is 30.2 Å². The number of carbonyl (C=O) groups excluding carboxylic acids is 1. The van der Waals surface area contributed by atoms with Gasteiger partial charge < -0.3 is 9.88 Å². The first-order valence-electron chi connectivity index (χ1n) is 7.68. The fraction of sp³-hybridized carbons (Fsp3) is 0.412. The summed E-state index contributed by atoms with van der Waals surface area (Å²) in [5.74, 6) is 1.07. The number of imidazole rings is 1. The Bertz CT molecular complexity index is 620. The van der Waals surface area contributed by atoms with Crippen molar-refractivity contribution in [3.63, 3.8) is 0 Å². The highest BCUT2D eigenvalue weighted by molar-refractivity contribution is 6.21. The van der Waals surface area contributed by atoms with E-state index in [1.165, 1.54) is 5.56 Å². The maximum absolute atomic E-state index is 11.9. The average Bonchev–Trinajstić information content (AvgIpc) is 2.96. The predicted molar refractivity (Wildman–Crippen MR) is 86.6 cm³/mol. The lowest BCUT2D eigenvalue weighted by atomic mass is 9.84. The van der Waals surface area contributed by atoms with Crippen LogP contribution in [-0.2, 0) is 24.3 Å². The van der Waals surface area contributed by atoms with Crippen molar-refractivity contribution < 1.29 is 4.79 Å². The summed E-state index contributed by atoms with van der Waals surface area (Å²) < 4.78 is 2.10. The smallest absolute Gasteiger partial charge is 0.223 e. The molecule has 0 atom stereocenters. The minimum absolute atomic E-state index is 0.0789. The van der Waals surface area contributed by atoms with Gasteiger partial charge in [0.05, 0.1) is 6.54 Å². The topological polar surface area (TPSA) is 46.9 Å². The third-order valence-corrected chi connectivity index (χ3v) is 4.51. The van der Waals surface area contributed by atoms with Crippen molar-refractivity contribution >= 4 is 17.5 Å². The molecule has 0 saturated heterocycles. The molecule has 1 aliphatic carbocycles. The van der Waals surface area contributed by atoms with E-state index >= 15 is 0 Å². The summed E-state index contributed by atoms with van der Waals surface area (Å²) in [6.45, 7) is 1.34. The zero-order valence-electron chi connectivity index (χ0n) is 12.4. The fourth-order valence-corrected chi connectivity index (χ4v) is 3.11. The first kappa shape index (κ1) is 15.1. The minimum Gasteiger partial charge on any atom is -0.349 e. The number of aromatic nitrogens is 2. The van der Waals surface area contributed by atoms with Crippen molar-refractivity contribution in [1.29, 1.82) is 0 Å². The lowest BCUT2D eigenvalue weighted by Gasteiger charge is -2.29. The molecule has 1 N–H and O–H groups in total. The number of benzene rings is 1. The number of nitrogens with zero attached hydrogens (tertiary/aromatic N) is 2. The highest BCUT2D eigenvalue weighted by Crippen LogP contribution is 2.31. The molecule has 1 heterocycles. The number of halogens is 1. The molecule has 1 aromatic carbocycles. The summed E-state index contributed by atoms with van der Waals surface area (Å²) in [7, 11) is 0. The lowest BCUT2D eigenvalue weighted by Crippen LogP contribution is -2.39. The number of hydrogen-bond donors (Lipinski definition) is 1. The van der Waals surface area contributed by atoms with Gasteiger partial charge in [-0.05, 0) is 24.8 Å². The molecular weight excluding hydrogens is 298 g/mol. The Hall–Kier alpha value is -1.81. The molecule has 0 aliphatic heterocycles. The lowest BCUT2D eigenvalue weighted by molar-refractivity contribution is -0.127. The molecule has 4 nitrogen and oxygen atoms in total. The van der Waals surface area contributed by atoms with Crippen molar-refractivity contribution in [2.45, 2.75) is 37.7 Å². The Morgan fingerprint density at radius 2 is 2.09 bits per heavy atom. The van der Waals surface area contributed by atoms with Crippen LogP contribution in [0.25, 0.3) is 0 Å². The van der Waals surface area contributed by atoms with Crippen molar-refractivity contribution in [2.24, 2.45) is 5.92 Å². The molecule has 3 rings (SSSR count). The fourth-order valence-electron chi connectivity index (χ4n) is 2.68. The van der Waals surface area contributed by atoms with Gasteiger partial charge in [-0.1, -0.05) is 30.3 Å². The standard InChI is InChI=1S/C17H20ClN3O/c18-15-10-14(11-15)17(22)20-12-16-19-7-9-21(16)8-6-13-4-2-1-3-5-13/h1-5,7,9,14-15H,6,8,10-12H2,(H,20,22). The third-order valence-electron chi connectivity index (χ3n) is 4.16. The molecular formula is C17H20ClN3O. The van der Waals surface area contributed by atoms with Crippen LogP contribution in [0, 0.1) is 5.92 Å². The van der Waals surface area contributed by atoms with Gasteiger partial charge in [-0.15, -0.1) is 11.6 Å². The van der Waals surface area contributed by atoms with Crippen molar-refractivity contribution in [3.8, 4) is 0 Å². The number of nitrogens with one attached hydrogen (secondary N) is 1. The van der Waals surface area contributed by atoms with E-state index in [4.69, 9.17) is 11.6 Å². The molecule has 5 heteroatoms. The van der Waals surface area contributed by atoms with Crippen LogP contribution in [-0.4, -0.2) is 20.8 Å². The summed E-state index contributed by atoms with van der Waals surface area (Å²) in [5, 5.41) is 3.14. The summed E-state index contributed by atoms with van der Waals surface area (Å²) in [4.78, 5) is 16.3. The average molecular weight is 318 g/mol. The van der Waals surface area contributed by atoms with Crippen LogP contribution in [0.15, 0.2) is 42.7 Å². The number of amides is 1. The zero-order valence-corrected chi connectivity index (χ0v) is 13.2. The number of aryl methyl sites for hydroxylation is 2. The third kappa shape index (κ3) is 3.69. The Morgan fingerprint density at radius 1 is 1.32 bits per heavy atom. The number of rotatable bonds is 6. The van der Waals surface area contributed by atoms with E-state index < -0.39 is 0 Å². The van der Waals surface area contributed by atoms with Gasteiger partial charge in [-0.2, -0.15) is 0 Å². The van der Waals surface area contributed by atoms with Crippen molar-refractivity contribution in [2.75, 3.05) is 0 Å². The van der Waals surface area contributed by atoms with Crippen LogP contribution in [0.5, 0.6) is 0 Å². The highest BCUT2D eigenvalue weighted by atomic mass is 35.5. The summed E-state index contributed by atoms with van der Waals surface area (Å²) in [5.41, 5.74) is 1.30. The summed E-state index contributed by atoms with van der Waals surface area (Å²) in [6, 6.07) is 10.4. The van der Waals surface area contributed by atoms with Crippen LogP contribution < -0.4 is 5.32 Å². The van der Waals surface area contributed by atoms with E-state index in [1.807, 2.05) is 24.4 Å². The second kappa shape index (κ2) is 6.97. The maximum atomic E-state index is 11.9. The van der Waals surface area contributed by atoms with E-state index in [1.54, 1.807) is 6.20 Å². The Labute approximate surface area is 135 Å². The van der Waals surface area contributed by atoms with Crippen LogP contribution in [0.1, 0.15) is 24.2 Å². The molecule has 1 aliphatic rings. The number of alkyl halides is 1. The van der Waals surface area contributed by atoms with Crippen molar-refractivity contribution in [3.05, 3.63) is 54.1 Å². The van der Waals surface area contributed by atoms with Crippen molar-refractivity contribution in [1.82, 2.24) is 14.9 Å². The quantitative estimate of drug-likeness (QED) is 0.833. The molecule has 2 aromatic rings. The zero-order chi connectivity index (χ0) is 15.4. The van der Waals surface area contributed by atoms with E-state index in [9.17, 15) is 4.79 Å². The molecule has 0 radical (unpaired) electrons. The van der Waals surface area contributed by atoms with E-state index in [-0.39, 0.29) is 17.2 Å². The van der Waals surface area contributed by atoms with Gasteiger partial charge in [0.25, 0.3) is 0 Å². The first-order chi connectivity index (χ1) is 10.7. The predicted octanol–water partition coefficient (Wildman–Crippen LogP) is 2.76. The van der Waals surface area contributed by atoms with Gasteiger partial charge in [-0.25, -0.2) is 4.98 Å². The highest BCUT2D eigenvalue weighted by Gasteiger charge is 2.32. The van der Waals surface area contributed by atoms with Gasteiger partial charge in [0.15, 0.2) is 0 Å². The van der Waals surface area contributed by atoms with E-state index in [2.05, 4.69) is 27.0 Å². The summed E-state index contributed by atoms with van der Waals surface area (Å²) in [6.07, 6.45) is 6.27. The van der Waals surface area contributed by atoms with E-state index in [0.29, 0.717) is 6.54 Å². The minimum atomic E-state index is 0.0789. The second-order valence-corrected chi connectivity index (χ2v) is 6.37. The van der Waals surface area contributed by atoms with Crippen LogP contribution >= 0.6 is 11.6 Å². The molecule has 22 heavy (non-hydrogen) atoms. The second-order valence-electron chi connectivity index (χ2n) is 5.76. The Balaban J connectivity index is 1.50. The molecule has 116 valence electrons. The molecule has 0 spiro atoms. The molecule has 1 aromatic heterocycles. The van der Waals surface area contributed by atoms with Crippen LogP contribution in [0.3, 0.4) is 0 Å². The molecule has 1 saturated carbocycles. The first-order valence-corrected chi connectivity index (χ1v) is 8.11. The SMILES string of the molecule is O=C(NCc1nccn1CCc1ccccc1)C1CC(Cl)C1. The van der Waals surface area contributed by atoms with Gasteiger partial charge in [0.1, 0.15) is 5.82 Å². The monoisotopic (exact) mass is 317 g/mol. The summed E-state index contributed by atoms with van der Waals surface area (Å²) >= 11 is 5.92. The molecule has 0 bridgehead atoms. The molecule has 0 unspecified atom stereocenters. The molecule has 1 amide bonds. The Morgan fingerprint density at radius 3 is 2.82 bits per heavy atom. The maximum Gasteiger partial charge on any atom is 0.223 e. The van der Waals surface area contributed by atoms with Crippen LogP contribution in [0.4, 0.5) is 0 Å². The largest absolute Gasteiger partial charge is 0.349 e. The van der Waals surface area contributed by atoms with Gasteiger partial charge in [0.2, 0.25) is 5.91 Å². The molecule has 1 fully saturated rings. The van der Waals surface area contributed by atoms with E-state index in [0.717, 1.165) is 31.6 Å². The van der Waals surface area contributed by atoms with Gasteiger partial charge in [-0.3, -0.25) is 4.79 Å². The Kier molecular flexibility index (Phi) is 4.78. The van der Waals surface area contributed by atoms with Gasteiger partial charge >= 0.3 is 0 Å². The van der Waals surface area contributed by atoms with Crippen LogP contribution in [0.2, 0.25) is 0 Å². The number of hydrogen-bond acceptors (Lipinski definition) is 2.